The SMILES string of the molecule is CCCC1CC2=CC(=O)CCC2[C@H]2CC[C@]3(C)[C@@H](C)CC[C@H]3[C@H]12. The highest BCUT2D eigenvalue weighted by Crippen LogP contribution is 2.65. The Hall–Kier alpha value is -0.590. The first-order chi connectivity index (χ1) is 11.0. The van der Waals surface area contributed by atoms with E-state index in [-0.39, 0.29) is 0 Å². The van der Waals surface area contributed by atoms with Gasteiger partial charge < -0.3 is 0 Å². The van der Waals surface area contributed by atoms with Crippen molar-refractivity contribution in [1.29, 1.82) is 0 Å². The van der Waals surface area contributed by atoms with Crippen molar-refractivity contribution >= 4 is 5.78 Å². The van der Waals surface area contributed by atoms with Crippen LogP contribution in [-0.4, -0.2) is 5.78 Å². The second-order valence-corrected chi connectivity index (χ2v) is 9.45. The number of hydrogen-bond donors (Lipinski definition) is 0. The normalized spacial score (nSPS) is 49.2. The third-order valence-electron chi connectivity index (χ3n) is 8.60. The molecule has 0 bridgehead atoms. The van der Waals surface area contributed by atoms with Gasteiger partial charge >= 0.3 is 0 Å². The van der Waals surface area contributed by atoms with Crippen molar-refractivity contribution in [2.45, 2.75) is 78.6 Å². The summed E-state index contributed by atoms with van der Waals surface area (Å²) in [7, 11) is 0. The molecule has 1 nitrogen and oxygen atoms in total. The highest BCUT2D eigenvalue weighted by molar-refractivity contribution is 5.91. The van der Waals surface area contributed by atoms with E-state index in [1.54, 1.807) is 5.57 Å². The molecule has 4 aliphatic carbocycles. The van der Waals surface area contributed by atoms with Crippen LogP contribution in [0.4, 0.5) is 0 Å². The Kier molecular flexibility index (Phi) is 3.97. The molecule has 0 aromatic heterocycles. The fourth-order valence-corrected chi connectivity index (χ4v) is 7.31. The Balaban J connectivity index is 1.69. The smallest absolute Gasteiger partial charge is 0.155 e. The van der Waals surface area contributed by atoms with E-state index in [0.717, 1.165) is 48.3 Å². The lowest BCUT2D eigenvalue weighted by Crippen LogP contribution is -2.49. The number of fused-ring (bicyclic) bond motifs is 5. The molecule has 0 aromatic rings. The van der Waals surface area contributed by atoms with Crippen LogP contribution in [0.1, 0.15) is 78.6 Å². The third kappa shape index (κ3) is 2.36. The van der Waals surface area contributed by atoms with Crippen LogP contribution in [0.2, 0.25) is 0 Å². The molecule has 4 rings (SSSR count). The second kappa shape index (κ2) is 5.74. The maximum Gasteiger partial charge on any atom is 0.155 e. The molecule has 0 heterocycles. The van der Waals surface area contributed by atoms with Gasteiger partial charge in [0.05, 0.1) is 0 Å². The molecule has 128 valence electrons. The minimum atomic E-state index is 0.403. The molecule has 0 aliphatic heterocycles. The molecule has 3 fully saturated rings. The quantitative estimate of drug-likeness (QED) is 0.630. The van der Waals surface area contributed by atoms with Crippen LogP contribution in [0.25, 0.3) is 0 Å². The lowest BCUT2D eigenvalue weighted by atomic mass is 9.48. The molecular weight excluding hydrogens is 280 g/mol. The van der Waals surface area contributed by atoms with Crippen molar-refractivity contribution < 1.29 is 4.79 Å². The Morgan fingerprint density at radius 3 is 2.83 bits per heavy atom. The maximum absolute atomic E-state index is 11.9. The summed E-state index contributed by atoms with van der Waals surface area (Å²) in [6.07, 6.45) is 13.8. The minimum absolute atomic E-state index is 0.403. The Bertz CT molecular complexity index is 518. The second-order valence-electron chi connectivity index (χ2n) is 9.45. The first-order valence-corrected chi connectivity index (χ1v) is 10.3. The van der Waals surface area contributed by atoms with Crippen molar-refractivity contribution in [3.05, 3.63) is 11.6 Å². The Morgan fingerprint density at radius 1 is 1.22 bits per heavy atom. The van der Waals surface area contributed by atoms with Crippen LogP contribution in [-0.2, 0) is 4.79 Å². The predicted molar refractivity (Wildman–Crippen MR) is 95.0 cm³/mol. The molecule has 0 spiro atoms. The van der Waals surface area contributed by atoms with Gasteiger partial charge in [-0.25, -0.2) is 0 Å². The number of hydrogen-bond acceptors (Lipinski definition) is 1. The molecule has 23 heavy (non-hydrogen) atoms. The topological polar surface area (TPSA) is 17.1 Å². The van der Waals surface area contributed by atoms with E-state index < -0.39 is 0 Å². The van der Waals surface area contributed by atoms with E-state index in [2.05, 4.69) is 26.8 Å². The number of allylic oxidation sites excluding steroid dienone is 1. The molecule has 0 aromatic carbocycles. The van der Waals surface area contributed by atoms with E-state index >= 15 is 0 Å². The van der Waals surface area contributed by atoms with E-state index in [4.69, 9.17) is 0 Å². The van der Waals surface area contributed by atoms with Crippen LogP contribution >= 0.6 is 0 Å². The average molecular weight is 315 g/mol. The average Bonchev–Trinajstić information content (AvgIpc) is 2.83. The van der Waals surface area contributed by atoms with Gasteiger partial charge in [0.15, 0.2) is 5.78 Å². The summed E-state index contributed by atoms with van der Waals surface area (Å²) < 4.78 is 0. The minimum Gasteiger partial charge on any atom is -0.295 e. The summed E-state index contributed by atoms with van der Waals surface area (Å²) in [5.74, 6) is 5.74. The van der Waals surface area contributed by atoms with Crippen molar-refractivity contribution in [3.63, 3.8) is 0 Å². The summed E-state index contributed by atoms with van der Waals surface area (Å²) in [4.78, 5) is 11.9. The van der Waals surface area contributed by atoms with E-state index in [1.807, 2.05) is 0 Å². The summed E-state index contributed by atoms with van der Waals surface area (Å²) >= 11 is 0. The zero-order valence-corrected chi connectivity index (χ0v) is 15.3. The highest BCUT2D eigenvalue weighted by Gasteiger charge is 2.57. The van der Waals surface area contributed by atoms with Gasteiger partial charge in [0.2, 0.25) is 0 Å². The largest absolute Gasteiger partial charge is 0.295 e. The summed E-state index contributed by atoms with van der Waals surface area (Å²) in [5, 5.41) is 0. The molecule has 0 amide bonds. The zero-order chi connectivity index (χ0) is 16.2. The van der Waals surface area contributed by atoms with E-state index in [0.29, 0.717) is 11.2 Å². The third-order valence-corrected chi connectivity index (χ3v) is 8.60. The number of carbonyl (C=O) groups is 1. The van der Waals surface area contributed by atoms with Crippen molar-refractivity contribution in [1.82, 2.24) is 0 Å². The van der Waals surface area contributed by atoms with Crippen molar-refractivity contribution in [2.24, 2.45) is 40.9 Å². The van der Waals surface area contributed by atoms with Gasteiger partial charge in [-0.15, -0.1) is 0 Å². The highest BCUT2D eigenvalue weighted by atomic mass is 16.1. The molecule has 7 atom stereocenters. The van der Waals surface area contributed by atoms with Gasteiger partial charge in [-0.3, -0.25) is 4.79 Å². The van der Waals surface area contributed by atoms with Crippen molar-refractivity contribution in [2.75, 3.05) is 0 Å². The molecule has 2 unspecified atom stereocenters. The predicted octanol–water partition coefficient (Wildman–Crippen LogP) is 5.79. The summed E-state index contributed by atoms with van der Waals surface area (Å²) in [5.41, 5.74) is 2.16. The molecule has 0 radical (unpaired) electrons. The van der Waals surface area contributed by atoms with Crippen LogP contribution in [0.5, 0.6) is 0 Å². The van der Waals surface area contributed by atoms with Crippen LogP contribution in [0.3, 0.4) is 0 Å². The zero-order valence-electron chi connectivity index (χ0n) is 15.3. The maximum atomic E-state index is 11.9. The van der Waals surface area contributed by atoms with Gasteiger partial charge in [-0.05, 0) is 85.5 Å². The number of carbonyl (C=O) groups excluding carboxylic acids is 1. The number of ketones is 1. The molecule has 1 heteroatoms. The summed E-state index contributed by atoms with van der Waals surface area (Å²) in [6.45, 7) is 7.48. The van der Waals surface area contributed by atoms with Crippen LogP contribution in [0.15, 0.2) is 11.6 Å². The lowest BCUT2D eigenvalue weighted by Gasteiger charge is -2.56. The monoisotopic (exact) mass is 314 g/mol. The summed E-state index contributed by atoms with van der Waals surface area (Å²) in [6, 6.07) is 0. The Morgan fingerprint density at radius 2 is 2.04 bits per heavy atom. The van der Waals surface area contributed by atoms with Gasteiger partial charge in [-0.2, -0.15) is 0 Å². The van der Waals surface area contributed by atoms with E-state index in [1.165, 1.54) is 44.9 Å². The fraction of sp³-hybridized carbons (Fsp3) is 0.864. The van der Waals surface area contributed by atoms with Gasteiger partial charge in [0.1, 0.15) is 0 Å². The van der Waals surface area contributed by atoms with Gasteiger partial charge in [-0.1, -0.05) is 39.2 Å². The van der Waals surface area contributed by atoms with Crippen LogP contribution < -0.4 is 0 Å². The molecule has 0 saturated heterocycles. The van der Waals surface area contributed by atoms with Crippen LogP contribution in [0, 0.1) is 40.9 Å². The molecular formula is C22H34O. The van der Waals surface area contributed by atoms with E-state index in [9.17, 15) is 4.79 Å². The molecule has 0 N–H and O–H groups in total. The Labute approximate surface area is 142 Å². The first kappa shape index (κ1) is 15.9. The molecule has 4 aliphatic rings. The van der Waals surface area contributed by atoms with Gasteiger partial charge in [0, 0.05) is 6.42 Å². The lowest BCUT2D eigenvalue weighted by molar-refractivity contribution is -0.116. The molecule has 3 saturated carbocycles. The van der Waals surface area contributed by atoms with Gasteiger partial charge in [0.25, 0.3) is 0 Å². The standard InChI is InChI=1S/C22H34O/c1-4-5-15-12-16-13-17(23)7-8-18(16)19-10-11-22(3)14(2)6-9-20(22)21(15)19/h13-15,18-21H,4-12H2,1-3H3/t14-,15?,18?,19+,20-,21+,22+/m0/s1. The number of rotatable bonds is 2. The first-order valence-electron chi connectivity index (χ1n) is 10.3. The fourth-order valence-electron chi connectivity index (χ4n) is 7.31. The van der Waals surface area contributed by atoms with Crippen molar-refractivity contribution in [3.8, 4) is 0 Å².